The monoisotopic (exact) mass is 253 g/mol. The second kappa shape index (κ2) is 5.07. The number of β-amino-alcohol motifs (C(OH)–C–C–N with tert-alkyl or cyclic N) is 1. The fourth-order valence-electron chi connectivity index (χ4n) is 2.14. The lowest BCUT2D eigenvalue weighted by molar-refractivity contribution is 0.0176. The molecule has 2 rings (SSSR count). The van der Waals surface area contributed by atoms with Crippen LogP contribution in [0.25, 0.3) is 0 Å². The number of hydrogen-bond donors (Lipinski definition) is 1. The molecular formula is C12H19N3O3. The molecule has 1 amide bonds. The van der Waals surface area contributed by atoms with Crippen LogP contribution in [0.5, 0.6) is 0 Å². The van der Waals surface area contributed by atoms with E-state index in [1.807, 2.05) is 0 Å². The van der Waals surface area contributed by atoms with E-state index in [0.29, 0.717) is 25.3 Å². The van der Waals surface area contributed by atoms with Crippen molar-refractivity contribution in [2.24, 2.45) is 0 Å². The Morgan fingerprint density at radius 2 is 2.11 bits per heavy atom. The van der Waals surface area contributed by atoms with Crippen LogP contribution >= 0.6 is 0 Å². The fraction of sp³-hybridized carbons (Fsp3) is 0.667. The summed E-state index contributed by atoms with van der Waals surface area (Å²) < 4.78 is 4.67. The summed E-state index contributed by atoms with van der Waals surface area (Å²) >= 11 is 0. The van der Waals surface area contributed by atoms with Gasteiger partial charge in [0.1, 0.15) is 6.26 Å². The van der Waals surface area contributed by atoms with Crippen LogP contribution in [0.2, 0.25) is 0 Å². The maximum atomic E-state index is 12.0. The molecule has 0 radical (unpaired) electrons. The zero-order valence-electron chi connectivity index (χ0n) is 10.8. The third kappa shape index (κ3) is 3.30. The molecule has 18 heavy (non-hydrogen) atoms. The molecule has 1 aliphatic rings. The van der Waals surface area contributed by atoms with Crippen LogP contribution in [0, 0.1) is 0 Å². The third-order valence-electron chi connectivity index (χ3n) is 2.93. The number of hydrogen-bond acceptors (Lipinski definition) is 5. The predicted octanol–water partition coefficient (Wildman–Crippen LogP) is 0.203. The number of rotatable bonds is 3. The Labute approximate surface area is 106 Å². The molecule has 1 fully saturated rings. The van der Waals surface area contributed by atoms with Crippen molar-refractivity contribution in [1.29, 1.82) is 0 Å². The molecule has 1 saturated heterocycles. The summed E-state index contributed by atoms with van der Waals surface area (Å²) in [4.78, 5) is 15.9. The highest BCUT2D eigenvalue weighted by Gasteiger charge is 2.26. The first-order valence-corrected chi connectivity index (χ1v) is 6.10. The molecule has 0 spiro atoms. The zero-order valence-corrected chi connectivity index (χ0v) is 10.8. The molecule has 6 nitrogen and oxygen atoms in total. The van der Waals surface area contributed by atoms with Crippen LogP contribution in [0.1, 0.15) is 24.3 Å². The highest BCUT2D eigenvalue weighted by atomic mass is 16.5. The van der Waals surface area contributed by atoms with Crippen LogP contribution < -0.4 is 0 Å². The summed E-state index contributed by atoms with van der Waals surface area (Å²) in [5.74, 6) is -0.0911. The maximum Gasteiger partial charge on any atom is 0.276 e. The molecule has 2 heterocycles. The van der Waals surface area contributed by atoms with Gasteiger partial charge < -0.3 is 14.5 Å². The van der Waals surface area contributed by atoms with E-state index in [9.17, 15) is 9.90 Å². The molecule has 0 unspecified atom stereocenters. The maximum absolute atomic E-state index is 12.0. The van der Waals surface area contributed by atoms with Gasteiger partial charge in [0, 0.05) is 38.8 Å². The average molecular weight is 253 g/mol. The molecular weight excluding hydrogens is 234 g/mol. The molecule has 100 valence electrons. The molecule has 1 aromatic rings. The van der Waals surface area contributed by atoms with E-state index >= 15 is 0 Å². The Morgan fingerprint density at radius 3 is 2.61 bits per heavy atom. The smallest absolute Gasteiger partial charge is 0.276 e. The van der Waals surface area contributed by atoms with Gasteiger partial charge in [-0.25, -0.2) is 0 Å². The topological polar surface area (TPSA) is 69.8 Å². The van der Waals surface area contributed by atoms with Gasteiger partial charge in [-0.2, -0.15) is 0 Å². The number of aromatic nitrogens is 1. The van der Waals surface area contributed by atoms with Crippen LogP contribution in [0.3, 0.4) is 0 Å². The second-order valence-corrected chi connectivity index (χ2v) is 5.27. The lowest BCUT2D eigenvalue weighted by Crippen LogP contribution is -2.52. The molecule has 6 heteroatoms. The van der Waals surface area contributed by atoms with Crippen LogP contribution in [0.4, 0.5) is 0 Å². The van der Waals surface area contributed by atoms with Gasteiger partial charge in [-0.3, -0.25) is 9.69 Å². The summed E-state index contributed by atoms with van der Waals surface area (Å²) in [5, 5.41) is 13.4. The van der Waals surface area contributed by atoms with Crippen molar-refractivity contribution in [3.8, 4) is 0 Å². The number of aliphatic hydroxyl groups is 1. The van der Waals surface area contributed by atoms with Gasteiger partial charge in [-0.05, 0) is 13.8 Å². The van der Waals surface area contributed by atoms with Crippen molar-refractivity contribution in [2.45, 2.75) is 19.4 Å². The number of nitrogens with zero attached hydrogens (tertiary/aromatic N) is 3. The van der Waals surface area contributed by atoms with Crippen molar-refractivity contribution in [2.75, 3.05) is 32.7 Å². The summed E-state index contributed by atoms with van der Waals surface area (Å²) in [6.45, 7) is 7.06. The SMILES string of the molecule is CC(C)(O)CN1CCN(C(=O)c2ccon2)CC1. The van der Waals surface area contributed by atoms with E-state index in [0.717, 1.165) is 13.1 Å². The van der Waals surface area contributed by atoms with Gasteiger partial charge in [0.15, 0.2) is 5.69 Å². The van der Waals surface area contributed by atoms with E-state index in [4.69, 9.17) is 0 Å². The normalized spacial score (nSPS) is 18.1. The quantitative estimate of drug-likeness (QED) is 0.833. The van der Waals surface area contributed by atoms with Gasteiger partial charge in [0.05, 0.1) is 5.60 Å². The lowest BCUT2D eigenvalue weighted by atomic mass is 10.1. The number of amides is 1. The standard InChI is InChI=1S/C12H19N3O3/c1-12(2,17)9-14-4-6-15(7-5-14)11(16)10-3-8-18-13-10/h3,8,17H,4-7,9H2,1-2H3. The minimum atomic E-state index is -0.696. The van der Waals surface area contributed by atoms with Crippen LogP contribution in [-0.4, -0.2) is 64.3 Å². The predicted molar refractivity (Wildman–Crippen MR) is 65.1 cm³/mol. The van der Waals surface area contributed by atoms with Crippen molar-refractivity contribution in [1.82, 2.24) is 15.0 Å². The minimum Gasteiger partial charge on any atom is -0.389 e. The van der Waals surface area contributed by atoms with E-state index in [1.54, 1.807) is 24.8 Å². The average Bonchev–Trinajstić information content (AvgIpc) is 2.80. The first kappa shape index (κ1) is 13.0. The molecule has 0 atom stereocenters. The Hall–Kier alpha value is -1.40. The molecule has 0 bridgehead atoms. The van der Waals surface area contributed by atoms with Gasteiger partial charge in [-0.1, -0.05) is 5.16 Å². The Balaban J connectivity index is 1.85. The molecule has 0 aliphatic carbocycles. The lowest BCUT2D eigenvalue weighted by Gasteiger charge is -2.36. The summed E-state index contributed by atoms with van der Waals surface area (Å²) in [5.41, 5.74) is -0.343. The molecule has 0 aromatic carbocycles. The van der Waals surface area contributed by atoms with Gasteiger partial charge in [-0.15, -0.1) is 0 Å². The van der Waals surface area contributed by atoms with E-state index in [2.05, 4.69) is 14.6 Å². The third-order valence-corrected chi connectivity index (χ3v) is 2.93. The van der Waals surface area contributed by atoms with Gasteiger partial charge >= 0.3 is 0 Å². The van der Waals surface area contributed by atoms with Crippen LogP contribution in [-0.2, 0) is 0 Å². The molecule has 0 saturated carbocycles. The van der Waals surface area contributed by atoms with Crippen molar-refractivity contribution in [3.63, 3.8) is 0 Å². The second-order valence-electron chi connectivity index (χ2n) is 5.27. The first-order valence-electron chi connectivity index (χ1n) is 6.10. The Bertz CT molecular complexity index is 389. The molecule has 1 aliphatic heterocycles. The largest absolute Gasteiger partial charge is 0.389 e. The van der Waals surface area contributed by atoms with E-state index in [1.165, 1.54) is 6.26 Å². The van der Waals surface area contributed by atoms with Gasteiger partial charge in [0.2, 0.25) is 0 Å². The summed E-state index contributed by atoms with van der Waals surface area (Å²) in [7, 11) is 0. The summed E-state index contributed by atoms with van der Waals surface area (Å²) in [6, 6.07) is 1.57. The number of carbonyl (C=O) groups excluding carboxylic acids is 1. The Kier molecular flexibility index (Phi) is 3.68. The van der Waals surface area contributed by atoms with Crippen LogP contribution in [0.15, 0.2) is 16.9 Å². The van der Waals surface area contributed by atoms with E-state index < -0.39 is 5.60 Å². The van der Waals surface area contributed by atoms with E-state index in [-0.39, 0.29) is 5.91 Å². The fourth-order valence-corrected chi connectivity index (χ4v) is 2.14. The van der Waals surface area contributed by atoms with Crippen molar-refractivity contribution >= 4 is 5.91 Å². The van der Waals surface area contributed by atoms with Crippen molar-refractivity contribution in [3.05, 3.63) is 18.0 Å². The van der Waals surface area contributed by atoms with Gasteiger partial charge in [0.25, 0.3) is 5.91 Å². The molecule has 1 aromatic heterocycles. The molecule has 1 N–H and O–H groups in total. The number of carbonyl (C=O) groups is 1. The highest BCUT2D eigenvalue weighted by Crippen LogP contribution is 2.10. The zero-order chi connectivity index (χ0) is 13.2. The highest BCUT2D eigenvalue weighted by molar-refractivity contribution is 5.92. The number of piperazine rings is 1. The van der Waals surface area contributed by atoms with Crippen molar-refractivity contribution < 1.29 is 14.4 Å². The summed E-state index contributed by atoms with van der Waals surface area (Å²) in [6.07, 6.45) is 1.40. The minimum absolute atomic E-state index is 0.0911. The first-order chi connectivity index (χ1) is 8.46. The Morgan fingerprint density at radius 1 is 1.44 bits per heavy atom.